The predicted octanol–water partition coefficient (Wildman–Crippen LogP) is 4.56. The van der Waals surface area contributed by atoms with Crippen LogP contribution in [0, 0.1) is 0 Å². The van der Waals surface area contributed by atoms with Crippen LogP contribution < -0.4 is 30.3 Å². The first-order chi connectivity index (χ1) is 19.5. The van der Waals surface area contributed by atoms with Crippen LogP contribution in [0.4, 0.5) is 10.5 Å². The van der Waals surface area contributed by atoms with Crippen molar-refractivity contribution in [3.05, 3.63) is 53.2 Å². The molecule has 41 heavy (non-hydrogen) atoms. The van der Waals surface area contributed by atoms with Gasteiger partial charge >= 0.3 is 12.0 Å². The molecule has 1 aromatic heterocycles. The van der Waals surface area contributed by atoms with Crippen LogP contribution in [0.5, 0.6) is 17.2 Å². The van der Waals surface area contributed by atoms with Crippen LogP contribution in [0.1, 0.15) is 30.1 Å². The zero-order valence-electron chi connectivity index (χ0n) is 22.4. The smallest absolute Gasteiger partial charge is 0.320 e. The van der Waals surface area contributed by atoms with Gasteiger partial charge in [0.2, 0.25) is 0 Å². The van der Waals surface area contributed by atoms with Crippen molar-refractivity contribution >= 4 is 53.5 Å². The third-order valence-electron chi connectivity index (χ3n) is 5.96. The van der Waals surface area contributed by atoms with E-state index < -0.39 is 31.7 Å². The number of hydrogen-bond donors (Lipinski definition) is 5. The van der Waals surface area contributed by atoms with Crippen LogP contribution in [0.25, 0.3) is 10.9 Å². The van der Waals surface area contributed by atoms with Crippen LogP contribution in [-0.4, -0.2) is 60.6 Å². The Kier molecular flexibility index (Phi) is 9.34. The first-order valence-electron chi connectivity index (χ1n) is 12.4. The van der Waals surface area contributed by atoms with E-state index in [1.54, 1.807) is 18.2 Å². The van der Waals surface area contributed by atoms with Crippen molar-refractivity contribution in [2.45, 2.75) is 31.8 Å². The predicted molar refractivity (Wildman–Crippen MR) is 152 cm³/mol. The number of anilines is 1. The lowest BCUT2D eigenvalue weighted by atomic mass is 10.1. The van der Waals surface area contributed by atoms with Crippen LogP contribution in [-0.2, 0) is 14.1 Å². The fourth-order valence-corrected chi connectivity index (χ4v) is 5.79. The second-order valence-corrected chi connectivity index (χ2v) is 11.9. The summed E-state index contributed by atoms with van der Waals surface area (Å²) in [7, 11) is -1.20. The first kappa shape index (κ1) is 30.1. The quantitative estimate of drug-likeness (QED) is 0.184. The minimum absolute atomic E-state index is 0.00166. The van der Waals surface area contributed by atoms with Gasteiger partial charge in [0, 0.05) is 36.9 Å². The second-order valence-electron chi connectivity index (χ2n) is 9.28. The van der Waals surface area contributed by atoms with Gasteiger partial charge in [0.05, 0.1) is 28.9 Å². The topological polar surface area (TPSA) is 177 Å². The molecule has 218 valence electrons. The minimum Gasteiger partial charge on any atom is -0.496 e. The molecule has 1 aliphatic carbocycles. The van der Waals surface area contributed by atoms with Crippen LogP contribution in [0.15, 0.2) is 42.6 Å². The maximum Gasteiger partial charge on any atom is 0.320 e. The van der Waals surface area contributed by atoms with Crippen molar-refractivity contribution in [2.75, 3.05) is 25.9 Å². The molecule has 0 radical (unpaired) electrons. The first-order valence-corrected chi connectivity index (χ1v) is 14.7. The van der Waals surface area contributed by atoms with Gasteiger partial charge in [-0.05, 0) is 44.0 Å². The molecule has 1 fully saturated rings. The van der Waals surface area contributed by atoms with E-state index >= 15 is 0 Å². The van der Waals surface area contributed by atoms with Gasteiger partial charge in [-0.15, -0.1) is 0 Å². The van der Waals surface area contributed by atoms with Gasteiger partial charge in [-0.3, -0.25) is 24.2 Å². The molecule has 0 bridgehead atoms. The minimum atomic E-state index is -3.84. The zero-order chi connectivity index (χ0) is 29.7. The van der Waals surface area contributed by atoms with Crippen molar-refractivity contribution in [3.63, 3.8) is 0 Å². The molecule has 4 rings (SSSR count). The zero-order valence-corrected chi connectivity index (χ0v) is 24.0. The highest BCUT2D eigenvalue weighted by atomic mass is 35.5. The molecule has 0 spiro atoms. The Morgan fingerprint density at radius 1 is 1.15 bits per heavy atom. The molecule has 5 N–H and O–H groups in total. The second kappa shape index (κ2) is 12.7. The number of urea groups is 1. The van der Waals surface area contributed by atoms with Gasteiger partial charge in [0.15, 0.2) is 0 Å². The van der Waals surface area contributed by atoms with E-state index in [2.05, 4.69) is 25.8 Å². The van der Waals surface area contributed by atoms with E-state index in [-0.39, 0.29) is 28.4 Å². The lowest BCUT2D eigenvalue weighted by Crippen LogP contribution is -2.38. The number of carboxylic acid groups (broad SMARTS) is 1. The van der Waals surface area contributed by atoms with Crippen molar-refractivity contribution in [1.29, 1.82) is 0 Å². The molecule has 1 aliphatic rings. The molecule has 0 saturated heterocycles. The molecular formula is C26H29ClN5O8P. The molecule has 1 unspecified atom stereocenters. The third kappa shape index (κ3) is 7.65. The maximum atomic E-state index is 13.3. The van der Waals surface area contributed by atoms with Crippen molar-refractivity contribution in [3.8, 4) is 17.2 Å². The van der Waals surface area contributed by atoms with Crippen LogP contribution >= 0.6 is 19.0 Å². The number of fused-ring (bicyclic) bond motifs is 1. The number of nitrogens with one attached hydrogen (secondary N) is 4. The molecule has 1 saturated carbocycles. The Hall–Kier alpha value is -3.90. The summed E-state index contributed by atoms with van der Waals surface area (Å²) in [5, 5.41) is 20.2. The molecule has 2 aromatic carbocycles. The molecule has 13 nitrogen and oxygen atoms in total. The number of ether oxygens (including phenoxy) is 3. The summed E-state index contributed by atoms with van der Waals surface area (Å²) in [5.41, 5.74) is 0.847. The molecule has 2 atom stereocenters. The Morgan fingerprint density at radius 3 is 2.54 bits per heavy atom. The summed E-state index contributed by atoms with van der Waals surface area (Å²) in [4.78, 5) is 41.0. The number of amides is 3. The standard InChI is InChI=1S/C26H29ClN5O8P/c1-14(25(34)35)31-41(37,13-38-2)32-24(33)18-11-17-21(12-23(18)39-3)28-9-8-22(17)40-16-6-7-20(19(27)10-16)30-26(36)29-15-4-5-15/h6-12,14-15H,4-5,13H2,1-3H3,(H,34,35)(H2,29,30,36)(H2,31,32,33,37)/t14-,41?/m0/s1. The van der Waals surface area contributed by atoms with E-state index in [4.69, 9.17) is 25.8 Å². The molecule has 0 aliphatic heterocycles. The van der Waals surface area contributed by atoms with Crippen molar-refractivity contribution in [2.24, 2.45) is 0 Å². The number of carbonyl (C=O) groups is 3. The number of hydrogen-bond acceptors (Lipinski definition) is 8. The Balaban J connectivity index is 1.60. The third-order valence-corrected chi connectivity index (χ3v) is 8.27. The molecule has 15 heteroatoms. The van der Waals surface area contributed by atoms with Crippen LogP contribution in [0.2, 0.25) is 5.02 Å². The number of halogens is 1. The Morgan fingerprint density at radius 2 is 1.90 bits per heavy atom. The normalized spacial score (nSPS) is 14.9. The van der Waals surface area contributed by atoms with Crippen molar-refractivity contribution in [1.82, 2.24) is 20.5 Å². The lowest BCUT2D eigenvalue weighted by Gasteiger charge is -2.22. The summed E-state index contributed by atoms with van der Waals surface area (Å²) in [6.45, 7) is 1.29. The maximum absolute atomic E-state index is 13.3. The lowest BCUT2D eigenvalue weighted by molar-refractivity contribution is -0.138. The number of benzene rings is 2. The molecule has 3 amide bonds. The molecule has 3 aromatic rings. The number of carboxylic acids is 1. The fourth-order valence-electron chi connectivity index (χ4n) is 3.82. The van der Waals surface area contributed by atoms with E-state index in [1.807, 2.05) is 0 Å². The number of pyridine rings is 1. The van der Waals surface area contributed by atoms with Gasteiger partial charge in [-0.1, -0.05) is 11.6 Å². The van der Waals surface area contributed by atoms with Gasteiger partial charge in [0.25, 0.3) is 13.4 Å². The van der Waals surface area contributed by atoms with Gasteiger partial charge in [-0.2, -0.15) is 0 Å². The van der Waals surface area contributed by atoms with Gasteiger partial charge in [-0.25, -0.2) is 9.88 Å². The Bertz CT molecular complexity index is 1530. The number of rotatable bonds is 12. The fraction of sp³-hybridized carbons (Fsp3) is 0.308. The molecular weight excluding hydrogens is 577 g/mol. The van der Waals surface area contributed by atoms with E-state index in [9.17, 15) is 24.1 Å². The summed E-state index contributed by atoms with van der Waals surface area (Å²) in [5.74, 6) is -1.23. The number of aliphatic carboxylic acids is 1. The summed E-state index contributed by atoms with van der Waals surface area (Å²) in [6.07, 6.45) is 2.98. The average Bonchev–Trinajstić information content (AvgIpc) is 3.73. The SMILES string of the molecule is COCP(=O)(NC(=O)c1cc2c(Oc3ccc(NC(=O)NC4CC4)c(Cl)c3)ccnc2cc1OC)N[C@@H](C)C(=O)O. The van der Waals surface area contributed by atoms with Crippen molar-refractivity contribution < 1.29 is 38.3 Å². The Labute approximate surface area is 240 Å². The van der Waals surface area contributed by atoms with Gasteiger partial charge in [0.1, 0.15) is 29.6 Å². The number of methoxy groups -OCH3 is 2. The number of nitrogens with zero attached hydrogens (tertiary/aromatic N) is 1. The molecule has 1 heterocycles. The largest absolute Gasteiger partial charge is 0.496 e. The summed E-state index contributed by atoms with van der Waals surface area (Å²) >= 11 is 6.38. The number of aromatic nitrogens is 1. The monoisotopic (exact) mass is 605 g/mol. The van der Waals surface area contributed by atoms with E-state index in [0.717, 1.165) is 12.8 Å². The highest BCUT2D eigenvalue weighted by molar-refractivity contribution is 7.60. The van der Waals surface area contributed by atoms with Gasteiger partial charge < -0.3 is 30.0 Å². The summed E-state index contributed by atoms with van der Waals surface area (Å²) in [6, 6.07) is 7.96. The van der Waals surface area contributed by atoms with E-state index in [0.29, 0.717) is 28.1 Å². The van der Waals surface area contributed by atoms with Crippen LogP contribution in [0.3, 0.4) is 0 Å². The highest BCUT2D eigenvalue weighted by Crippen LogP contribution is 2.39. The summed E-state index contributed by atoms with van der Waals surface area (Å²) < 4.78 is 29.7. The number of carbonyl (C=O) groups excluding carboxylic acids is 2. The highest BCUT2D eigenvalue weighted by Gasteiger charge is 2.31. The average molecular weight is 606 g/mol. The van der Waals surface area contributed by atoms with E-state index in [1.165, 1.54) is 45.5 Å².